The zero-order chi connectivity index (χ0) is 15.9. The molecule has 3 rings (SSSR count). The second kappa shape index (κ2) is 5.61. The highest BCUT2D eigenvalue weighted by Gasteiger charge is 2.29. The Balaban J connectivity index is 2.38. The van der Waals surface area contributed by atoms with Gasteiger partial charge in [-0.3, -0.25) is 0 Å². The first kappa shape index (κ1) is 14.9. The van der Waals surface area contributed by atoms with Crippen LogP contribution in [0.3, 0.4) is 0 Å². The van der Waals surface area contributed by atoms with Crippen LogP contribution in [0.2, 0.25) is 0 Å². The fourth-order valence-corrected chi connectivity index (χ4v) is 3.67. The van der Waals surface area contributed by atoms with Gasteiger partial charge in [-0.1, -0.05) is 37.8 Å². The molecule has 0 aliphatic heterocycles. The van der Waals surface area contributed by atoms with E-state index < -0.39 is 12.0 Å². The zero-order valence-electron chi connectivity index (χ0n) is 12.9. The summed E-state index contributed by atoms with van der Waals surface area (Å²) >= 11 is 0. The standard InChI is InChI=1S/C18H22N2O2/c1-3-11-6-5-7-13-14-10-12(19)8-9-16(14)20(17(11)13)15(4-2)18(21)22/h3,5-7,12,15H,1,4,8-10,19H2,2H3,(H,21,22). The van der Waals surface area contributed by atoms with Gasteiger partial charge in [-0.25, -0.2) is 4.79 Å². The maximum atomic E-state index is 11.8. The van der Waals surface area contributed by atoms with E-state index in [1.54, 1.807) is 6.08 Å². The van der Waals surface area contributed by atoms with Gasteiger partial charge in [0, 0.05) is 17.1 Å². The van der Waals surface area contributed by atoms with Crippen LogP contribution in [0.4, 0.5) is 0 Å². The first-order chi connectivity index (χ1) is 10.6. The average Bonchev–Trinajstić information content (AvgIpc) is 2.82. The minimum atomic E-state index is -0.782. The third-order valence-electron chi connectivity index (χ3n) is 4.69. The van der Waals surface area contributed by atoms with E-state index in [2.05, 4.69) is 12.6 Å². The van der Waals surface area contributed by atoms with E-state index in [4.69, 9.17) is 5.73 Å². The van der Waals surface area contributed by atoms with Gasteiger partial charge in [-0.05, 0) is 36.8 Å². The van der Waals surface area contributed by atoms with Crippen LogP contribution in [-0.4, -0.2) is 21.7 Å². The Kier molecular flexibility index (Phi) is 3.79. The van der Waals surface area contributed by atoms with Crippen molar-refractivity contribution in [3.63, 3.8) is 0 Å². The van der Waals surface area contributed by atoms with Crippen molar-refractivity contribution in [2.45, 2.75) is 44.7 Å². The summed E-state index contributed by atoms with van der Waals surface area (Å²) in [7, 11) is 0. The Hall–Kier alpha value is -2.07. The molecule has 22 heavy (non-hydrogen) atoms. The highest BCUT2D eigenvalue weighted by atomic mass is 16.4. The Morgan fingerprint density at radius 2 is 2.36 bits per heavy atom. The van der Waals surface area contributed by atoms with Gasteiger partial charge in [0.1, 0.15) is 6.04 Å². The lowest BCUT2D eigenvalue weighted by atomic mass is 9.91. The summed E-state index contributed by atoms with van der Waals surface area (Å²) in [6.07, 6.45) is 4.92. The smallest absolute Gasteiger partial charge is 0.326 e. The molecule has 3 N–H and O–H groups in total. The molecule has 0 radical (unpaired) electrons. The lowest BCUT2D eigenvalue weighted by molar-refractivity contribution is -0.140. The number of fused-ring (bicyclic) bond motifs is 3. The molecule has 1 heterocycles. The Morgan fingerprint density at radius 1 is 1.59 bits per heavy atom. The molecule has 0 fully saturated rings. The summed E-state index contributed by atoms with van der Waals surface area (Å²) in [4.78, 5) is 11.8. The molecular formula is C18H22N2O2. The second-order valence-electron chi connectivity index (χ2n) is 6.01. The van der Waals surface area contributed by atoms with Crippen LogP contribution in [0.15, 0.2) is 24.8 Å². The van der Waals surface area contributed by atoms with Crippen molar-refractivity contribution in [1.29, 1.82) is 0 Å². The van der Waals surface area contributed by atoms with E-state index in [-0.39, 0.29) is 6.04 Å². The number of carboxylic acids is 1. The van der Waals surface area contributed by atoms with Crippen LogP contribution in [0, 0.1) is 0 Å². The number of carbonyl (C=O) groups is 1. The minimum absolute atomic E-state index is 0.156. The topological polar surface area (TPSA) is 68.2 Å². The van der Waals surface area contributed by atoms with Gasteiger partial charge in [-0.15, -0.1) is 0 Å². The number of hydrogen-bond acceptors (Lipinski definition) is 2. The largest absolute Gasteiger partial charge is 0.480 e. The minimum Gasteiger partial charge on any atom is -0.480 e. The SMILES string of the molecule is C=Cc1cccc2c3c(n(C(CC)C(=O)O)c12)CCC(N)C3. The number of aliphatic carboxylic acids is 1. The Labute approximate surface area is 130 Å². The monoisotopic (exact) mass is 298 g/mol. The summed E-state index contributed by atoms with van der Waals surface area (Å²) < 4.78 is 2.02. The first-order valence-electron chi connectivity index (χ1n) is 7.84. The van der Waals surface area contributed by atoms with E-state index in [1.165, 1.54) is 5.56 Å². The molecule has 0 spiro atoms. The van der Waals surface area contributed by atoms with E-state index in [0.717, 1.165) is 41.4 Å². The number of aromatic nitrogens is 1. The summed E-state index contributed by atoms with van der Waals surface area (Å²) in [6.45, 7) is 5.81. The summed E-state index contributed by atoms with van der Waals surface area (Å²) in [5.74, 6) is -0.782. The molecule has 4 nitrogen and oxygen atoms in total. The van der Waals surface area contributed by atoms with E-state index in [1.807, 2.05) is 23.6 Å². The van der Waals surface area contributed by atoms with Crippen molar-refractivity contribution < 1.29 is 9.90 Å². The Morgan fingerprint density at radius 3 is 3.00 bits per heavy atom. The molecule has 116 valence electrons. The summed E-state index contributed by atoms with van der Waals surface area (Å²) in [5, 5.41) is 10.8. The highest BCUT2D eigenvalue weighted by molar-refractivity contribution is 5.94. The van der Waals surface area contributed by atoms with E-state index >= 15 is 0 Å². The number of benzene rings is 1. The number of hydrogen-bond donors (Lipinski definition) is 2. The van der Waals surface area contributed by atoms with Gasteiger partial charge in [0.15, 0.2) is 0 Å². The van der Waals surface area contributed by atoms with Crippen molar-refractivity contribution in [2.24, 2.45) is 5.73 Å². The van der Waals surface area contributed by atoms with Gasteiger partial charge in [0.2, 0.25) is 0 Å². The third-order valence-corrected chi connectivity index (χ3v) is 4.69. The molecule has 0 bridgehead atoms. The normalized spacial score (nSPS) is 18.9. The quantitative estimate of drug-likeness (QED) is 0.911. The fraction of sp³-hybridized carbons (Fsp3) is 0.389. The van der Waals surface area contributed by atoms with Crippen molar-refractivity contribution in [3.8, 4) is 0 Å². The van der Waals surface area contributed by atoms with Gasteiger partial charge in [0.25, 0.3) is 0 Å². The molecule has 2 aromatic rings. The van der Waals surface area contributed by atoms with E-state index in [9.17, 15) is 9.90 Å². The number of rotatable bonds is 4. The van der Waals surface area contributed by atoms with Gasteiger partial charge in [0.05, 0.1) is 5.52 Å². The summed E-state index contributed by atoms with van der Waals surface area (Å²) in [6, 6.07) is 5.69. The lowest BCUT2D eigenvalue weighted by Gasteiger charge is -2.23. The predicted molar refractivity (Wildman–Crippen MR) is 89.0 cm³/mol. The fourth-order valence-electron chi connectivity index (χ4n) is 3.67. The highest BCUT2D eigenvalue weighted by Crippen LogP contribution is 2.37. The molecule has 1 aliphatic carbocycles. The summed E-state index contributed by atoms with van der Waals surface area (Å²) in [5.41, 5.74) is 10.5. The molecule has 2 unspecified atom stereocenters. The number of nitrogens with two attached hydrogens (primary N) is 1. The van der Waals surface area contributed by atoms with Gasteiger partial charge >= 0.3 is 5.97 Å². The molecule has 2 atom stereocenters. The third kappa shape index (κ3) is 2.15. The van der Waals surface area contributed by atoms with Crippen LogP contribution < -0.4 is 5.73 Å². The van der Waals surface area contributed by atoms with Crippen molar-refractivity contribution in [3.05, 3.63) is 41.6 Å². The lowest BCUT2D eigenvalue weighted by Crippen LogP contribution is -2.29. The molecule has 0 saturated heterocycles. The van der Waals surface area contributed by atoms with Crippen LogP contribution >= 0.6 is 0 Å². The average molecular weight is 298 g/mol. The van der Waals surface area contributed by atoms with Gasteiger partial charge < -0.3 is 15.4 Å². The van der Waals surface area contributed by atoms with Crippen LogP contribution in [0.25, 0.3) is 17.0 Å². The van der Waals surface area contributed by atoms with Crippen LogP contribution in [0.5, 0.6) is 0 Å². The molecule has 1 aromatic heterocycles. The number of nitrogens with zero attached hydrogens (tertiary/aromatic N) is 1. The van der Waals surface area contributed by atoms with Crippen molar-refractivity contribution >= 4 is 22.9 Å². The number of para-hydroxylation sites is 1. The second-order valence-corrected chi connectivity index (χ2v) is 6.01. The molecule has 0 saturated carbocycles. The molecular weight excluding hydrogens is 276 g/mol. The molecule has 0 amide bonds. The molecule has 1 aromatic carbocycles. The maximum absolute atomic E-state index is 11.8. The molecule has 1 aliphatic rings. The maximum Gasteiger partial charge on any atom is 0.326 e. The van der Waals surface area contributed by atoms with Crippen molar-refractivity contribution in [2.75, 3.05) is 0 Å². The zero-order valence-corrected chi connectivity index (χ0v) is 12.9. The van der Waals surface area contributed by atoms with Crippen LogP contribution in [0.1, 0.15) is 42.6 Å². The first-order valence-corrected chi connectivity index (χ1v) is 7.84. The Bertz CT molecular complexity index is 745. The van der Waals surface area contributed by atoms with Crippen molar-refractivity contribution in [1.82, 2.24) is 4.57 Å². The van der Waals surface area contributed by atoms with E-state index in [0.29, 0.717) is 6.42 Å². The van der Waals surface area contributed by atoms with Crippen LogP contribution in [-0.2, 0) is 17.6 Å². The predicted octanol–water partition coefficient (Wildman–Crippen LogP) is 3.14. The molecule has 4 heteroatoms. The number of carboxylic acid groups (broad SMARTS) is 1. The van der Waals surface area contributed by atoms with Gasteiger partial charge in [-0.2, -0.15) is 0 Å².